The Hall–Kier alpha value is -3.47. The fourth-order valence-electron chi connectivity index (χ4n) is 4.35. The quantitative estimate of drug-likeness (QED) is 0.564. The molecule has 5 rings (SSSR count). The molecule has 3 heterocycles. The summed E-state index contributed by atoms with van der Waals surface area (Å²) >= 11 is 1.46. The van der Waals surface area contributed by atoms with Gasteiger partial charge in [-0.15, -0.1) is 16.9 Å². The van der Waals surface area contributed by atoms with Crippen molar-refractivity contribution in [1.29, 1.82) is 0 Å². The van der Waals surface area contributed by atoms with Crippen molar-refractivity contribution >= 4 is 35.0 Å². The summed E-state index contributed by atoms with van der Waals surface area (Å²) in [5.74, 6) is -3.06. The number of carbonyl (C=O) groups is 2. The number of benzene rings is 2. The number of halogens is 2. The molecule has 0 saturated carbocycles. The third-order valence-electron chi connectivity index (χ3n) is 6.43. The maximum Gasteiger partial charge on any atom is 0.291 e. The molecule has 188 valence electrons. The zero-order valence-corrected chi connectivity index (χ0v) is 20.5. The Balaban J connectivity index is 1.26. The molecule has 2 aromatic carbocycles. The molecule has 1 atom stereocenters. The number of fused-ring (bicyclic) bond motifs is 1. The molecule has 8 nitrogen and oxygen atoms in total. The summed E-state index contributed by atoms with van der Waals surface area (Å²) in [5, 5.41) is 7.03. The number of rotatable bonds is 5. The summed E-state index contributed by atoms with van der Waals surface area (Å²) in [7, 11) is 1.66. The van der Waals surface area contributed by atoms with E-state index in [-0.39, 0.29) is 37.7 Å². The minimum atomic E-state index is -2.62. The van der Waals surface area contributed by atoms with Crippen LogP contribution in [-0.2, 0) is 11.3 Å². The van der Waals surface area contributed by atoms with Crippen LogP contribution in [0.2, 0.25) is 0 Å². The summed E-state index contributed by atoms with van der Waals surface area (Å²) in [5.41, 5.74) is 2.53. The van der Waals surface area contributed by atoms with Crippen molar-refractivity contribution in [2.45, 2.75) is 36.2 Å². The van der Waals surface area contributed by atoms with Crippen molar-refractivity contribution in [1.82, 2.24) is 20.1 Å². The van der Waals surface area contributed by atoms with Gasteiger partial charge in [0.2, 0.25) is 11.7 Å². The van der Waals surface area contributed by atoms with Crippen LogP contribution in [0.3, 0.4) is 0 Å². The van der Waals surface area contributed by atoms with Crippen molar-refractivity contribution in [2.75, 3.05) is 35.7 Å². The largest absolute Gasteiger partial charge is 0.371 e. The maximum atomic E-state index is 13.6. The maximum absolute atomic E-state index is 13.6. The summed E-state index contributed by atoms with van der Waals surface area (Å²) < 4.78 is 28.7. The van der Waals surface area contributed by atoms with Gasteiger partial charge in [0.25, 0.3) is 11.8 Å². The van der Waals surface area contributed by atoms with Gasteiger partial charge < -0.3 is 15.1 Å². The number of aromatic nitrogens is 3. The summed E-state index contributed by atoms with van der Waals surface area (Å²) in [6.07, 6.45) is 1.12. The number of carbonyl (C=O) groups excluding carboxylic acids is 2. The SMILES string of the molecule is CN1C(=O)[C@@H](NC(=O)c2ncn(Cc3ccccc3)n2)CSc2ccc(N3CCC(F)(F)CC3)cc21. The number of hydrogen-bond acceptors (Lipinski definition) is 6. The number of nitrogens with one attached hydrogen (secondary N) is 1. The lowest BCUT2D eigenvalue weighted by molar-refractivity contribution is -0.119. The number of piperidine rings is 1. The van der Waals surface area contributed by atoms with Crippen LogP contribution in [0.25, 0.3) is 0 Å². The van der Waals surface area contributed by atoms with Crippen LogP contribution in [0.15, 0.2) is 59.8 Å². The molecule has 1 saturated heterocycles. The summed E-state index contributed by atoms with van der Waals surface area (Å²) in [4.78, 5) is 34.5. The van der Waals surface area contributed by atoms with Gasteiger partial charge in [0, 0.05) is 49.3 Å². The predicted molar refractivity (Wildman–Crippen MR) is 134 cm³/mol. The van der Waals surface area contributed by atoms with E-state index in [0.29, 0.717) is 18.0 Å². The van der Waals surface area contributed by atoms with E-state index in [1.54, 1.807) is 11.7 Å². The van der Waals surface area contributed by atoms with Gasteiger partial charge in [-0.2, -0.15) is 0 Å². The molecule has 0 unspecified atom stereocenters. The molecule has 3 aromatic rings. The first kappa shape index (κ1) is 24.2. The number of anilines is 2. The molecule has 2 amide bonds. The van der Waals surface area contributed by atoms with E-state index in [4.69, 9.17) is 0 Å². The Morgan fingerprint density at radius 2 is 1.92 bits per heavy atom. The molecule has 0 aliphatic carbocycles. The van der Waals surface area contributed by atoms with Gasteiger partial charge in [0.05, 0.1) is 12.2 Å². The highest BCUT2D eigenvalue weighted by Gasteiger charge is 2.35. The van der Waals surface area contributed by atoms with Crippen molar-refractivity contribution < 1.29 is 18.4 Å². The standard InChI is InChI=1S/C25H26F2N6O2S/c1-31-20-13-18(32-11-9-25(26,27)10-12-32)7-8-21(20)36-15-19(24(31)35)29-23(34)22-28-16-33(30-22)14-17-5-3-2-4-6-17/h2-8,13,16,19H,9-12,14-15H2,1H3,(H,29,34)/t19-/m0/s1. The van der Waals surface area contributed by atoms with E-state index in [0.717, 1.165) is 16.1 Å². The molecule has 0 bridgehead atoms. The first-order chi connectivity index (χ1) is 17.3. The third-order valence-corrected chi connectivity index (χ3v) is 7.59. The molecule has 0 spiro atoms. The van der Waals surface area contributed by atoms with Gasteiger partial charge >= 0.3 is 0 Å². The number of amides is 2. The summed E-state index contributed by atoms with van der Waals surface area (Å²) in [6.45, 7) is 1.01. The van der Waals surface area contributed by atoms with Crippen LogP contribution in [0.1, 0.15) is 29.0 Å². The van der Waals surface area contributed by atoms with Gasteiger partial charge in [0.1, 0.15) is 12.4 Å². The lowest BCUT2D eigenvalue weighted by atomic mass is 10.1. The Labute approximate surface area is 211 Å². The average Bonchev–Trinajstić information content (AvgIpc) is 3.30. The fraction of sp³-hybridized carbons (Fsp3) is 0.360. The fourth-order valence-corrected chi connectivity index (χ4v) is 5.43. The highest BCUT2D eigenvalue weighted by molar-refractivity contribution is 7.99. The van der Waals surface area contributed by atoms with Crippen molar-refractivity contribution in [3.05, 3.63) is 66.2 Å². The number of likely N-dealkylation sites (N-methyl/N-ethyl adjacent to an activating group) is 1. The third kappa shape index (κ3) is 5.20. The first-order valence-electron chi connectivity index (χ1n) is 11.7. The highest BCUT2D eigenvalue weighted by Crippen LogP contribution is 2.38. The van der Waals surface area contributed by atoms with E-state index in [1.165, 1.54) is 23.0 Å². The van der Waals surface area contributed by atoms with E-state index >= 15 is 0 Å². The van der Waals surface area contributed by atoms with Gasteiger partial charge in [0.15, 0.2) is 0 Å². The van der Waals surface area contributed by atoms with Gasteiger partial charge in [-0.25, -0.2) is 18.4 Å². The molecular weight excluding hydrogens is 486 g/mol. The van der Waals surface area contributed by atoms with Crippen LogP contribution in [0, 0.1) is 0 Å². The molecule has 1 aromatic heterocycles. The van der Waals surface area contributed by atoms with Crippen LogP contribution >= 0.6 is 11.8 Å². The number of alkyl halides is 2. The molecule has 0 radical (unpaired) electrons. The molecule has 11 heteroatoms. The Kier molecular flexibility index (Phi) is 6.65. The Morgan fingerprint density at radius 3 is 2.67 bits per heavy atom. The van der Waals surface area contributed by atoms with Crippen molar-refractivity contribution in [3.8, 4) is 0 Å². The zero-order chi connectivity index (χ0) is 25.3. The highest BCUT2D eigenvalue weighted by atomic mass is 32.2. The van der Waals surface area contributed by atoms with E-state index in [2.05, 4.69) is 15.4 Å². The van der Waals surface area contributed by atoms with Gasteiger partial charge in [-0.1, -0.05) is 30.3 Å². The van der Waals surface area contributed by atoms with E-state index < -0.39 is 17.9 Å². The van der Waals surface area contributed by atoms with Gasteiger partial charge in [-0.05, 0) is 23.8 Å². The molecule has 2 aliphatic heterocycles. The average molecular weight is 513 g/mol. The van der Waals surface area contributed by atoms with Crippen LogP contribution in [0.5, 0.6) is 0 Å². The predicted octanol–water partition coefficient (Wildman–Crippen LogP) is 3.43. The molecule has 36 heavy (non-hydrogen) atoms. The zero-order valence-electron chi connectivity index (χ0n) is 19.7. The second kappa shape index (κ2) is 9.88. The molecule has 1 N–H and O–H groups in total. The van der Waals surface area contributed by atoms with E-state index in [1.807, 2.05) is 53.4 Å². The van der Waals surface area contributed by atoms with Crippen molar-refractivity contribution in [2.24, 2.45) is 0 Å². The summed E-state index contributed by atoms with van der Waals surface area (Å²) in [6, 6.07) is 14.6. The lowest BCUT2D eigenvalue weighted by Gasteiger charge is -2.34. The topological polar surface area (TPSA) is 83.4 Å². The Bertz CT molecular complexity index is 1260. The van der Waals surface area contributed by atoms with E-state index in [9.17, 15) is 18.4 Å². The lowest BCUT2D eigenvalue weighted by Crippen LogP contribution is -2.48. The number of nitrogens with zero attached hydrogens (tertiary/aromatic N) is 5. The normalized spacial score (nSPS) is 19.5. The first-order valence-corrected chi connectivity index (χ1v) is 12.7. The second-order valence-electron chi connectivity index (χ2n) is 8.98. The number of hydrogen-bond donors (Lipinski definition) is 1. The van der Waals surface area contributed by atoms with Gasteiger partial charge in [-0.3, -0.25) is 9.59 Å². The minimum Gasteiger partial charge on any atom is -0.371 e. The molecule has 1 fully saturated rings. The Morgan fingerprint density at radius 1 is 1.17 bits per heavy atom. The minimum absolute atomic E-state index is 0.00247. The number of thioether (sulfide) groups is 1. The van der Waals surface area contributed by atoms with Crippen LogP contribution < -0.4 is 15.1 Å². The monoisotopic (exact) mass is 512 g/mol. The van der Waals surface area contributed by atoms with Crippen LogP contribution in [-0.4, -0.2) is 64.4 Å². The second-order valence-corrected chi connectivity index (χ2v) is 10.0. The van der Waals surface area contributed by atoms with Crippen molar-refractivity contribution in [3.63, 3.8) is 0 Å². The van der Waals surface area contributed by atoms with Crippen LogP contribution in [0.4, 0.5) is 20.2 Å². The molecule has 2 aliphatic rings. The smallest absolute Gasteiger partial charge is 0.291 e. The molecular formula is C25H26F2N6O2S.